The number of nitrogen functional groups attached to an aromatic ring is 1. The maximum atomic E-state index is 16.4. The first-order valence-electron chi connectivity index (χ1n) is 12.0. The number of benzene rings is 1. The van der Waals surface area contributed by atoms with Gasteiger partial charge in [-0.2, -0.15) is 9.97 Å². The standard InChI is InChI=1S/C26H23Cl2FN6O3/c1-11(15-7-13(27)10-31-23(15)30)35-5-6-38-25-19-22(33-26(37-2)34-24(19)35)20(29)21(32-25)16-8-14(36)9-17(28)18(16)12-3-4-12/h7-12,36H,3-6H2,1-2H3,(H2,30,31). The summed E-state index contributed by atoms with van der Waals surface area (Å²) >= 11 is 12.7. The number of hydrogen-bond acceptors (Lipinski definition) is 9. The number of phenolic OH excluding ortho intramolecular Hbond substituents is 1. The van der Waals surface area contributed by atoms with Crippen molar-refractivity contribution in [1.29, 1.82) is 0 Å². The van der Waals surface area contributed by atoms with Gasteiger partial charge in [0.15, 0.2) is 5.82 Å². The summed E-state index contributed by atoms with van der Waals surface area (Å²) in [6, 6.07) is 4.30. The Labute approximate surface area is 227 Å². The highest BCUT2D eigenvalue weighted by Gasteiger charge is 2.34. The van der Waals surface area contributed by atoms with E-state index in [0.29, 0.717) is 44.7 Å². The van der Waals surface area contributed by atoms with Crippen LogP contribution in [-0.2, 0) is 0 Å². The van der Waals surface area contributed by atoms with Crippen molar-refractivity contribution in [3.05, 3.63) is 51.4 Å². The largest absolute Gasteiger partial charge is 0.508 e. The topological polar surface area (TPSA) is 120 Å². The summed E-state index contributed by atoms with van der Waals surface area (Å²) in [5, 5.41) is 11.4. The van der Waals surface area contributed by atoms with Gasteiger partial charge >= 0.3 is 6.01 Å². The number of nitrogens with zero attached hydrogens (tertiary/aromatic N) is 5. The van der Waals surface area contributed by atoms with E-state index >= 15 is 4.39 Å². The molecule has 0 amide bonds. The van der Waals surface area contributed by atoms with E-state index in [1.807, 2.05) is 11.8 Å². The lowest BCUT2D eigenvalue weighted by Crippen LogP contribution is -2.31. The third kappa shape index (κ3) is 4.08. The lowest BCUT2D eigenvalue weighted by Gasteiger charge is -2.30. The molecule has 9 nitrogen and oxygen atoms in total. The predicted octanol–water partition coefficient (Wildman–Crippen LogP) is 5.67. The molecule has 1 unspecified atom stereocenters. The molecule has 0 saturated heterocycles. The second-order valence-corrected chi connectivity index (χ2v) is 10.2. The summed E-state index contributed by atoms with van der Waals surface area (Å²) in [7, 11) is 1.41. The number of hydrogen-bond donors (Lipinski definition) is 2. The van der Waals surface area contributed by atoms with Crippen molar-refractivity contribution in [2.24, 2.45) is 0 Å². The lowest BCUT2D eigenvalue weighted by molar-refractivity contribution is 0.316. The normalized spacial score (nSPS) is 15.8. The van der Waals surface area contributed by atoms with Gasteiger partial charge in [0.25, 0.3) is 0 Å². The fraction of sp³-hybridized carbons (Fsp3) is 0.308. The third-order valence-corrected chi connectivity index (χ3v) is 7.45. The van der Waals surface area contributed by atoms with Crippen molar-refractivity contribution in [2.75, 3.05) is 30.9 Å². The van der Waals surface area contributed by atoms with Gasteiger partial charge in [0.2, 0.25) is 5.88 Å². The van der Waals surface area contributed by atoms with Gasteiger partial charge < -0.3 is 25.2 Å². The van der Waals surface area contributed by atoms with Crippen molar-refractivity contribution < 1.29 is 19.0 Å². The van der Waals surface area contributed by atoms with E-state index in [4.69, 9.17) is 38.4 Å². The van der Waals surface area contributed by atoms with Crippen LogP contribution in [0.5, 0.6) is 17.6 Å². The molecule has 1 aliphatic heterocycles. The maximum Gasteiger partial charge on any atom is 0.318 e. The number of aromatic hydroxyl groups is 1. The minimum absolute atomic E-state index is 0.0105. The number of aromatic nitrogens is 4. The molecule has 1 atom stereocenters. The maximum absolute atomic E-state index is 16.4. The van der Waals surface area contributed by atoms with Crippen LogP contribution in [0.1, 0.15) is 42.9 Å². The van der Waals surface area contributed by atoms with E-state index in [9.17, 15) is 5.11 Å². The van der Waals surface area contributed by atoms with Gasteiger partial charge in [0.1, 0.15) is 40.6 Å². The summed E-state index contributed by atoms with van der Waals surface area (Å²) in [6.07, 6.45) is 3.32. The second kappa shape index (κ2) is 9.28. The molecule has 3 aromatic heterocycles. The Morgan fingerprint density at radius 3 is 2.74 bits per heavy atom. The van der Waals surface area contributed by atoms with Gasteiger partial charge in [0, 0.05) is 22.3 Å². The zero-order valence-corrected chi connectivity index (χ0v) is 22.0. The van der Waals surface area contributed by atoms with Crippen LogP contribution >= 0.6 is 23.2 Å². The number of nitrogens with two attached hydrogens (primary N) is 1. The highest BCUT2D eigenvalue weighted by Crippen LogP contribution is 2.50. The molecule has 4 heterocycles. The first-order valence-corrected chi connectivity index (χ1v) is 12.8. The number of halogens is 3. The van der Waals surface area contributed by atoms with Crippen molar-refractivity contribution in [3.63, 3.8) is 0 Å². The first kappa shape index (κ1) is 24.7. The van der Waals surface area contributed by atoms with Crippen LogP contribution in [-0.4, -0.2) is 45.3 Å². The Bertz CT molecular complexity index is 1600. The zero-order valence-electron chi connectivity index (χ0n) is 20.5. The van der Waals surface area contributed by atoms with Crippen LogP contribution < -0.4 is 20.1 Å². The van der Waals surface area contributed by atoms with Crippen LogP contribution in [0.15, 0.2) is 24.4 Å². The lowest BCUT2D eigenvalue weighted by atomic mass is 9.98. The van der Waals surface area contributed by atoms with Gasteiger partial charge in [-0.1, -0.05) is 23.2 Å². The number of methoxy groups -OCH3 is 1. The van der Waals surface area contributed by atoms with Gasteiger partial charge in [-0.15, -0.1) is 0 Å². The average Bonchev–Trinajstić information content (AvgIpc) is 3.74. The molecular weight excluding hydrogens is 534 g/mol. The summed E-state index contributed by atoms with van der Waals surface area (Å²) in [5.74, 6) is 0.242. The van der Waals surface area contributed by atoms with E-state index in [1.165, 1.54) is 25.4 Å². The first-order chi connectivity index (χ1) is 18.3. The molecule has 1 fully saturated rings. The molecule has 1 saturated carbocycles. The fourth-order valence-electron chi connectivity index (χ4n) is 4.96. The van der Waals surface area contributed by atoms with Crippen LogP contribution in [0.2, 0.25) is 10.0 Å². The van der Waals surface area contributed by atoms with Crippen LogP contribution in [0.25, 0.3) is 22.2 Å². The number of anilines is 2. The van der Waals surface area contributed by atoms with Crippen LogP contribution in [0, 0.1) is 5.82 Å². The summed E-state index contributed by atoms with van der Waals surface area (Å²) in [5.41, 5.74) is 7.97. The van der Waals surface area contributed by atoms with Crippen LogP contribution in [0.3, 0.4) is 0 Å². The predicted molar refractivity (Wildman–Crippen MR) is 143 cm³/mol. The van der Waals surface area contributed by atoms with Gasteiger partial charge in [-0.3, -0.25) is 0 Å². The van der Waals surface area contributed by atoms with Crippen molar-refractivity contribution >= 4 is 45.7 Å². The van der Waals surface area contributed by atoms with Crippen molar-refractivity contribution in [3.8, 4) is 28.9 Å². The molecule has 1 aromatic carbocycles. The second-order valence-electron chi connectivity index (χ2n) is 9.35. The van der Waals surface area contributed by atoms with Crippen LogP contribution in [0.4, 0.5) is 16.0 Å². The minimum atomic E-state index is -0.698. The van der Waals surface area contributed by atoms with Gasteiger partial charge in [0.05, 0.1) is 24.7 Å². The molecule has 12 heteroatoms. The Hall–Kier alpha value is -3.63. The monoisotopic (exact) mass is 556 g/mol. The van der Waals surface area contributed by atoms with E-state index in [1.54, 1.807) is 6.07 Å². The minimum Gasteiger partial charge on any atom is -0.508 e. The van der Waals surface area contributed by atoms with Crippen molar-refractivity contribution in [1.82, 2.24) is 19.9 Å². The van der Waals surface area contributed by atoms with E-state index < -0.39 is 5.82 Å². The van der Waals surface area contributed by atoms with E-state index in [2.05, 4.69) is 19.9 Å². The van der Waals surface area contributed by atoms with Crippen molar-refractivity contribution in [2.45, 2.75) is 31.7 Å². The Morgan fingerprint density at radius 2 is 2.00 bits per heavy atom. The van der Waals surface area contributed by atoms with Gasteiger partial charge in [-0.05, 0) is 49.4 Å². The highest BCUT2D eigenvalue weighted by atomic mass is 35.5. The Kier molecular flexibility index (Phi) is 6.03. The van der Waals surface area contributed by atoms with Gasteiger partial charge in [-0.25, -0.2) is 14.4 Å². The summed E-state index contributed by atoms with van der Waals surface area (Å²) < 4.78 is 27.8. The molecule has 38 heavy (non-hydrogen) atoms. The molecule has 4 aromatic rings. The number of ether oxygens (including phenoxy) is 2. The van der Waals surface area contributed by atoms with E-state index in [0.717, 1.165) is 18.4 Å². The van der Waals surface area contributed by atoms with E-state index in [-0.39, 0.29) is 47.4 Å². The average molecular weight is 557 g/mol. The molecule has 3 N–H and O–H groups in total. The molecule has 0 radical (unpaired) electrons. The SMILES string of the molecule is COc1nc2c3c(nc(-c4cc(O)cc(Cl)c4C4CC4)c(F)c3n1)OCCN2C(C)c1cc(Cl)cnc1N. The zero-order chi connectivity index (χ0) is 26.7. The molecule has 0 spiro atoms. The molecule has 2 aliphatic rings. The number of phenols is 1. The fourth-order valence-corrected chi connectivity index (χ4v) is 5.50. The summed E-state index contributed by atoms with van der Waals surface area (Å²) in [4.78, 5) is 19.6. The summed E-state index contributed by atoms with van der Waals surface area (Å²) in [6.45, 7) is 2.52. The molecule has 6 rings (SSSR count). The Morgan fingerprint density at radius 1 is 1.21 bits per heavy atom. The highest BCUT2D eigenvalue weighted by molar-refractivity contribution is 6.32. The molecular formula is C26H23Cl2FN6O3. The molecule has 0 bridgehead atoms. The Balaban J connectivity index is 1.59. The smallest absolute Gasteiger partial charge is 0.318 e. The molecule has 1 aliphatic carbocycles. The third-order valence-electron chi connectivity index (χ3n) is 6.93. The molecule has 196 valence electrons. The quantitative estimate of drug-likeness (QED) is 0.320. The number of rotatable bonds is 5. The number of pyridine rings is 2.